The molecule has 1 amide bonds. The van der Waals surface area contributed by atoms with E-state index in [1.54, 1.807) is 12.1 Å². The van der Waals surface area contributed by atoms with Crippen molar-refractivity contribution in [3.05, 3.63) is 64.1 Å². The number of alkyl halides is 3. The van der Waals surface area contributed by atoms with Gasteiger partial charge in [0.2, 0.25) is 3.79 Å². The number of para-hydroxylation sites is 1. The van der Waals surface area contributed by atoms with E-state index in [-0.39, 0.29) is 5.11 Å². The predicted octanol–water partition coefficient (Wildman–Crippen LogP) is 5.17. The number of carbonyl (C=O) groups excluding carboxylic acids is 1. The van der Waals surface area contributed by atoms with Gasteiger partial charge in [0.25, 0.3) is 5.91 Å². The fourth-order valence-corrected chi connectivity index (χ4v) is 2.91. The molecule has 0 aliphatic rings. The number of hydrogen-bond donors (Lipinski definition) is 3. The van der Waals surface area contributed by atoms with Crippen molar-refractivity contribution in [2.24, 2.45) is 0 Å². The number of benzene rings is 2. The molecule has 0 spiro atoms. The first kappa shape index (κ1) is 21.3. The summed E-state index contributed by atoms with van der Waals surface area (Å²) in [6.07, 6.45) is -1.04. The van der Waals surface area contributed by atoms with Gasteiger partial charge in [-0.2, -0.15) is 0 Å². The van der Waals surface area contributed by atoms with Gasteiger partial charge in [0.15, 0.2) is 5.11 Å². The number of thiocarbonyl (C=S) groups is 1. The minimum Gasteiger partial charge on any atom is -0.339 e. The average molecular weight is 496 g/mol. The number of carbonyl (C=O) groups is 1. The van der Waals surface area contributed by atoms with Crippen molar-refractivity contribution >= 4 is 79.7 Å². The fraction of sp³-hybridized carbons (Fsp3) is 0.176. The van der Waals surface area contributed by atoms with Gasteiger partial charge in [-0.25, -0.2) is 0 Å². The second kappa shape index (κ2) is 9.24. The Labute approximate surface area is 180 Å². The maximum atomic E-state index is 12.4. The van der Waals surface area contributed by atoms with E-state index in [9.17, 15) is 4.79 Å². The number of aryl methyl sites for hydroxylation is 1. The standard InChI is InChI=1S/C17H15BrCl3N3OS/c1-10-6-8-11(9-7-10)14(25)23-15(17(19,20)21)24-16(26)22-13-5-3-2-4-12(13)18/h2-9,15H,1H3,(H,23,25)(H2,22,24,26). The summed E-state index contributed by atoms with van der Waals surface area (Å²) in [6.45, 7) is 1.93. The van der Waals surface area contributed by atoms with Gasteiger partial charge in [-0.3, -0.25) is 4.79 Å². The molecule has 4 nitrogen and oxygen atoms in total. The van der Waals surface area contributed by atoms with Crippen LogP contribution in [0.2, 0.25) is 0 Å². The molecule has 2 rings (SSSR count). The van der Waals surface area contributed by atoms with E-state index in [0.717, 1.165) is 15.7 Å². The molecule has 0 radical (unpaired) electrons. The van der Waals surface area contributed by atoms with Crippen LogP contribution >= 0.6 is 63.0 Å². The van der Waals surface area contributed by atoms with Crippen molar-refractivity contribution in [3.63, 3.8) is 0 Å². The zero-order chi connectivity index (χ0) is 19.3. The summed E-state index contributed by atoms with van der Waals surface area (Å²) in [7, 11) is 0. The zero-order valence-electron chi connectivity index (χ0n) is 13.5. The van der Waals surface area contributed by atoms with Crippen molar-refractivity contribution in [1.82, 2.24) is 10.6 Å². The Kier molecular flexibility index (Phi) is 7.55. The molecular weight excluding hydrogens is 481 g/mol. The lowest BCUT2D eigenvalue weighted by molar-refractivity contribution is 0.0934. The monoisotopic (exact) mass is 493 g/mol. The summed E-state index contributed by atoms with van der Waals surface area (Å²) in [5, 5.41) is 8.63. The normalized spacial score (nSPS) is 12.2. The van der Waals surface area contributed by atoms with Crippen LogP contribution < -0.4 is 16.0 Å². The summed E-state index contributed by atoms with van der Waals surface area (Å²) < 4.78 is -1.00. The molecule has 0 saturated heterocycles. The molecule has 3 N–H and O–H groups in total. The summed E-state index contributed by atoms with van der Waals surface area (Å²) >= 11 is 26.6. The third-order valence-corrected chi connectivity index (χ3v) is 4.88. The lowest BCUT2D eigenvalue weighted by atomic mass is 10.1. The molecule has 0 heterocycles. The maximum absolute atomic E-state index is 12.4. The van der Waals surface area contributed by atoms with Gasteiger partial charge in [0.05, 0.1) is 5.69 Å². The Morgan fingerprint density at radius 2 is 1.69 bits per heavy atom. The fourth-order valence-electron chi connectivity index (χ4n) is 1.97. The first-order valence-electron chi connectivity index (χ1n) is 7.43. The molecule has 1 atom stereocenters. The van der Waals surface area contributed by atoms with Crippen molar-refractivity contribution in [1.29, 1.82) is 0 Å². The Balaban J connectivity index is 2.07. The molecule has 0 aromatic heterocycles. The van der Waals surface area contributed by atoms with Crippen LogP contribution in [0.15, 0.2) is 53.0 Å². The largest absolute Gasteiger partial charge is 0.339 e. The molecule has 138 valence electrons. The van der Waals surface area contributed by atoms with Gasteiger partial charge in [0.1, 0.15) is 6.17 Å². The SMILES string of the molecule is Cc1ccc(C(=O)NC(NC(=S)Nc2ccccc2Br)C(Cl)(Cl)Cl)cc1. The molecule has 9 heteroatoms. The van der Waals surface area contributed by atoms with Gasteiger partial charge in [0, 0.05) is 10.0 Å². The predicted molar refractivity (Wildman–Crippen MR) is 116 cm³/mol. The topological polar surface area (TPSA) is 53.2 Å². The highest BCUT2D eigenvalue weighted by Gasteiger charge is 2.34. The lowest BCUT2D eigenvalue weighted by Gasteiger charge is -2.28. The third-order valence-electron chi connectivity index (χ3n) is 3.31. The summed E-state index contributed by atoms with van der Waals surface area (Å²) in [5.74, 6) is -0.391. The van der Waals surface area contributed by atoms with Crippen LogP contribution in [0.25, 0.3) is 0 Å². The Morgan fingerprint density at radius 1 is 1.08 bits per heavy atom. The van der Waals surface area contributed by atoms with Crippen LogP contribution in [0.4, 0.5) is 5.69 Å². The Bertz CT molecular complexity index is 797. The maximum Gasteiger partial charge on any atom is 0.252 e. The van der Waals surface area contributed by atoms with E-state index >= 15 is 0 Å². The van der Waals surface area contributed by atoms with Crippen LogP contribution in [0, 0.1) is 6.92 Å². The quantitative estimate of drug-likeness (QED) is 0.311. The first-order chi connectivity index (χ1) is 12.2. The van der Waals surface area contributed by atoms with Crippen LogP contribution in [0.5, 0.6) is 0 Å². The molecule has 0 aliphatic heterocycles. The minimum atomic E-state index is -1.82. The lowest BCUT2D eigenvalue weighted by Crippen LogP contribution is -2.56. The van der Waals surface area contributed by atoms with E-state index in [0.29, 0.717) is 5.56 Å². The van der Waals surface area contributed by atoms with Crippen LogP contribution in [-0.2, 0) is 0 Å². The summed E-state index contributed by atoms with van der Waals surface area (Å²) in [6, 6.07) is 14.4. The molecular formula is C17H15BrCl3N3OS. The number of hydrogen-bond acceptors (Lipinski definition) is 2. The molecule has 0 aliphatic carbocycles. The highest BCUT2D eigenvalue weighted by Crippen LogP contribution is 2.29. The molecule has 0 saturated carbocycles. The molecule has 26 heavy (non-hydrogen) atoms. The van der Waals surface area contributed by atoms with Gasteiger partial charge < -0.3 is 16.0 Å². The molecule has 2 aromatic carbocycles. The molecule has 0 bridgehead atoms. The van der Waals surface area contributed by atoms with Gasteiger partial charge in [-0.15, -0.1) is 0 Å². The summed E-state index contributed by atoms with van der Waals surface area (Å²) in [4.78, 5) is 12.4. The highest BCUT2D eigenvalue weighted by atomic mass is 79.9. The number of amides is 1. The van der Waals surface area contributed by atoms with E-state index in [2.05, 4.69) is 31.9 Å². The average Bonchev–Trinajstić information content (AvgIpc) is 2.56. The number of rotatable bonds is 4. The smallest absolute Gasteiger partial charge is 0.252 e. The van der Waals surface area contributed by atoms with Gasteiger partial charge in [-0.1, -0.05) is 64.6 Å². The van der Waals surface area contributed by atoms with Crippen molar-refractivity contribution < 1.29 is 4.79 Å². The highest BCUT2D eigenvalue weighted by molar-refractivity contribution is 9.10. The van der Waals surface area contributed by atoms with E-state index in [1.807, 2.05) is 43.3 Å². The van der Waals surface area contributed by atoms with Gasteiger partial charge in [-0.05, 0) is 59.3 Å². The van der Waals surface area contributed by atoms with E-state index in [1.165, 1.54) is 0 Å². The van der Waals surface area contributed by atoms with Crippen LogP contribution in [0.3, 0.4) is 0 Å². The van der Waals surface area contributed by atoms with Crippen molar-refractivity contribution in [3.8, 4) is 0 Å². The second-order valence-corrected chi connectivity index (χ2v) is 9.02. The molecule has 0 fully saturated rings. The van der Waals surface area contributed by atoms with Gasteiger partial charge >= 0.3 is 0 Å². The van der Waals surface area contributed by atoms with E-state index in [4.69, 9.17) is 47.0 Å². The third kappa shape index (κ3) is 6.28. The number of anilines is 1. The van der Waals surface area contributed by atoms with Crippen LogP contribution in [-0.4, -0.2) is 21.0 Å². The first-order valence-corrected chi connectivity index (χ1v) is 9.76. The molecule has 1 unspecified atom stereocenters. The summed E-state index contributed by atoms with van der Waals surface area (Å²) in [5.41, 5.74) is 2.22. The van der Waals surface area contributed by atoms with Crippen molar-refractivity contribution in [2.75, 3.05) is 5.32 Å². The second-order valence-electron chi connectivity index (χ2n) is 5.39. The zero-order valence-corrected chi connectivity index (χ0v) is 18.2. The number of halogens is 4. The van der Waals surface area contributed by atoms with Crippen LogP contribution in [0.1, 0.15) is 15.9 Å². The minimum absolute atomic E-state index is 0.192. The van der Waals surface area contributed by atoms with Crippen molar-refractivity contribution in [2.45, 2.75) is 16.9 Å². The Morgan fingerprint density at radius 3 is 2.27 bits per heavy atom. The number of nitrogens with one attached hydrogen (secondary N) is 3. The van der Waals surface area contributed by atoms with E-state index < -0.39 is 15.9 Å². The Hall–Kier alpha value is -1.05. The molecule has 2 aromatic rings.